The van der Waals surface area contributed by atoms with E-state index >= 15 is 0 Å². The van der Waals surface area contributed by atoms with Gasteiger partial charge in [-0.05, 0) is 69.6 Å². The smallest absolute Gasteiger partial charge is 0.417 e. The predicted octanol–water partition coefficient (Wildman–Crippen LogP) is 4.00. The Balaban J connectivity index is 1.67. The average Bonchev–Trinajstić information content (AvgIpc) is 3.16. The summed E-state index contributed by atoms with van der Waals surface area (Å²) in [7, 11) is 3.07. The number of pyridine rings is 1. The lowest BCUT2D eigenvalue weighted by molar-refractivity contribution is -0.143. The van der Waals surface area contributed by atoms with Gasteiger partial charge in [0, 0.05) is 18.8 Å². The molecule has 2 aromatic heterocycles. The SMILES string of the molecule is CNCC(=O)OCc1cccnc1N(C)C(=O)OCn1nc(C(=O)Nc2ccc(C)cc2F)c(Br)c1Br. The molecule has 0 aliphatic rings. The molecule has 0 bridgehead atoms. The Bertz CT molecular complexity index is 1320. The highest BCUT2D eigenvalue weighted by atomic mass is 79.9. The number of rotatable bonds is 9. The van der Waals surface area contributed by atoms with E-state index in [0.29, 0.717) is 15.7 Å². The molecule has 0 aliphatic carbocycles. The van der Waals surface area contributed by atoms with E-state index in [9.17, 15) is 18.8 Å². The van der Waals surface area contributed by atoms with Crippen LogP contribution in [0.1, 0.15) is 21.6 Å². The molecule has 3 rings (SSSR count). The molecule has 2 heterocycles. The molecule has 0 spiro atoms. The number of likely N-dealkylation sites (N-methyl/N-ethyl adjacent to an activating group) is 1. The maximum absolute atomic E-state index is 14.1. The van der Waals surface area contributed by atoms with Gasteiger partial charge in [-0.15, -0.1) is 0 Å². The lowest BCUT2D eigenvalue weighted by Crippen LogP contribution is -2.30. The molecule has 37 heavy (non-hydrogen) atoms. The first-order chi connectivity index (χ1) is 17.6. The molecule has 0 fully saturated rings. The van der Waals surface area contributed by atoms with Gasteiger partial charge in [0.15, 0.2) is 12.4 Å². The summed E-state index contributed by atoms with van der Waals surface area (Å²) in [6, 6.07) is 7.73. The number of halogens is 3. The van der Waals surface area contributed by atoms with Gasteiger partial charge in [0.2, 0.25) is 0 Å². The molecule has 0 aliphatic heterocycles. The van der Waals surface area contributed by atoms with Crippen LogP contribution >= 0.6 is 31.9 Å². The third kappa shape index (κ3) is 7.11. The average molecular weight is 642 g/mol. The van der Waals surface area contributed by atoms with Crippen molar-refractivity contribution < 1.29 is 28.2 Å². The molecule has 3 aromatic rings. The highest BCUT2D eigenvalue weighted by Crippen LogP contribution is 2.28. The fraction of sp³-hybridized carbons (Fsp3) is 0.261. The molecule has 14 heteroatoms. The fourth-order valence-electron chi connectivity index (χ4n) is 3.05. The van der Waals surface area contributed by atoms with Gasteiger partial charge in [0.05, 0.1) is 16.7 Å². The zero-order valence-corrected chi connectivity index (χ0v) is 23.2. The molecular formula is C23H23Br2FN6O5. The van der Waals surface area contributed by atoms with Crippen molar-refractivity contribution in [1.29, 1.82) is 0 Å². The number of aryl methyl sites for hydroxylation is 1. The van der Waals surface area contributed by atoms with Crippen LogP contribution in [-0.4, -0.2) is 53.4 Å². The molecule has 0 saturated carbocycles. The van der Waals surface area contributed by atoms with Crippen LogP contribution in [0.2, 0.25) is 0 Å². The van der Waals surface area contributed by atoms with Crippen molar-refractivity contribution >= 4 is 61.3 Å². The van der Waals surface area contributed by atoms with Gasteiger partial charge in [-0.1, -0.05) is 12.1 Å². The van der Waals surface area contributed by atoms with Crippen molar-refractivity contribution in [3.8, 4) is 0 Å². The van der Waals surface area contributed by atoms with E-state index < -0.39 is 23.8 Å². The first kappa shape index (κ1) is 28.2. The highest BCUT2D eigenvalue weighted by molar-refractivity contribution is 9.13. The number of carbonyl (C=O) groups excluding carboxylic acids is 3. The zero-order chi connectivity index (χ0) is 27.1. The van der Waals surface area contributed by atoms with Gasteiger partial charge >= 0.3 is 12.1 Å². The van der Waals surface area contributed by atoms with Crippen molar-refractivity contribution in [2.24, 2.45) is 0 Å². The van der Waals surface area contributed by atoms with Crippen molar-refractivity contribution in [2.45, 2.75) is 20.3 Å². The standard InChI is InChI=1S/C23H23Br2FN6O5/c1-13-6-7-16(15(26)9-13)29-22(34)19-18(24)20(25)32(30-19)12-37-23(35)31(3)21-14(5-4-8-28-21)11-36-17(33)10-27-2/h4-9,27H,10-12H2,1-3H3,(H,29,34). The summed E-state index contributed by atoms with van der Waals surface area (Å²) in [5, 5.41) is 9.32. The number of ether oxygens (including phenoxy) is 2. The van der Waals surface area contributed by atoms with Crippen molar-refractivity contribution in [3.63, 3.8) is 0 Å². The lowest BCUT2D eigenvalue weighted by Gasteiger charge is -2.19. The maximum Gasteiger partial charge on any atom is 0.417 e. The summed E-state index contributed by atoms with van der Waals surface area (Å²) in [6.45, 7) is 1.34. The third-order valence-electron chi connectivity index (χ3n) is 4.90. The zero-order valence-electron chi connectivity index (χ0n) is 20.0. The molecule has 0 atom stereocenters. The maximum atomic E-state index is 14.1. The Kier molecular flexibility index (Phi) is 9.72. The number of hydrogen-bond donors (Lipinski definition) is 2. The Morgan fingerprint density at radius 2 is 1.95 bits per heavy atom. The Hall–Kier alpha value is -3.36. The summed E-state index contributed by atoms with van der Waals surface area (Å²) in [5.74, 6) is -1.46. The molecule has 11 nitrogen and oxygen atoms in total. The first-order valence-corrected chi connectivity index (χ1v) is 12.3. The van der Waals surface area contributed by atoms with Crippen LogP contribution in [0.15, 0.2) is 45.6 Å². The van der Waals surface area contributed by atoms with Gasteiger partial charge in [0.25, 0.3) is 5.91 Å². The summed E-state index contributed by atoms with van der Waals surface area (Å²) in [5.41, 5.74) is 1.16. The second-order valence-corrected chi connectivity index (χ2v) is 9.21. The van der Waals surface area contributed by atoms with E-state index in [2.05, 4.69) is 52.6 Å². The number of nitrogens with one attached hydrogen (secondary N) is 2. The van der Waals surface area contributed by atoms with Crippen LogP contribution in [0.25, 0.3) is 0 Å². The van der Waals surface area contributed by atoms with Crippen molar-refractivity contribution in [1.82, 2.24) is 20.1 Å². The first-order valence-electron chi connectivity index (χ1n) is 10.8. The van der Waals surface area contributed by atoms with E-state index in [1.165, 1.54) is 30.1 Å². The molecular weight excluding hydrogens is 619 g/mol. The second kappa shape index (κ2) is 12.7. The number of amides is 2. The van der Waals surface area contributed by atoms with Crippen LogP contribution in [-0.2, 0) is 27.6 Å². The lowest BCUT2D eigenvalue weighted by atomic mass is 10.2. The number of hydrogen-bond acceptors (Lipinski definition) is 8. The second-order valence-electron chi connectivity index (χ2n) is 7.67. The van der Waals surface area contributed by atoms with E-state index in [-0.39, 0.29) is 41.6 Å². The molecule has 2 N–H and O–H groups in total. The highest BCUT2D eigenvalue weighted by Gasteiger charge is 2.23. The molecule has 196 valence electrons. The van der Waals surface area contributed by atoms with Crippen LogP contribution in [0, 0.1) is 12.7 Å². The van der Waals surface area contributed by atoms with Gasteiger partial charge < -0.3 is 20.1 Å². The van der Waals surface area contributed by atoms with Crippen molar-refractivity contribution in [3.05, 3.63) is 68.2 Å². The monoisotopic (exact) mass is 640 g/mol. The van der Waals surface area contributed by atoms with Crippen molar-refractivity contribution in [2.75, 3.05) is 30.9 Å². The van der Waals surface area contributed by atoms with Gasteiger partial charge in [0.1, 0.15) is 22.8 Å². The number of carbonyl (C=O) groups is 3. The van der Waals surface area contributed by atoms with Crippen LogP contribution < -0.4 is 15.5 Å². The minimum Gasteiger partial charge on any atom is -0.460 e. The quantitative estimate of drug-likeness (QED) is 0.336. The molecule has 1 aromatic carbocycles. The Morgan fingerprint density at radius 1 is 1.19 bits per heavy atom. The van der Waals surface area contributed by atoms with Crippen LogP contribution in [0.4, 0.5) is 20.7 Å². The third-order valence-corrected chi connectivity index (χ3v) is 6.99. The Labute approximate surface area is 228 Å². The number of aromatic nitrogens is 3. The molecule has 0 unspecified atom stereocenters. The van der Waals surface area contributed by atoms with Crippen LogP contribution in [0.3, 0.4) is 0 Å². The minimum absolute atomic E-state index is 0.00373. The normalized spacial score (nSPS) is 10.6. The van der Waals surface area contributed by atoms with E-state index in [1.54, 1.807) is 32.2 Å². The van der Waals surface area contributed by atoms with Crippen LogP contribution in [0.5, 0.6) is 0 Å². The van der Waals surface area contributed by atoms with Gasteiger partial charge in [-0.2, -0.15) is 5.10 Å². The van der Waals surface area contributed by atoms with E-state index in [0.717, 1.165) is 4.90 Å². The summed E-state index contributed by atoms with van der Waals surface area (Å²) in [6.07, 6.45) is 0.717. The summed E-state index contributed by atoms with van der Waals surface area (Å²) < 4.78 is 26.5. The predicted molar refractivity (Wildman–Crippen MR) is 140 cm³/mol. The fourth-order valence-corrected chi connectivity index (χ4v) is 3.88. The van der Waals surface area contributed by atoms with Gasteiger partial charge in [-0.25, -0.2) is 18.9 Å². The molecule has 0 saturated heterocycles. The van der Waals surface area contributed by atoms with E-state index in [1.807, 2.05) is 0 Å². The number of benzene rings is 1. The number of anilines is 2. The number of nitrogens with zero attached hydrogens (tertiary/aromatic N) is 4. The largest absolute Gasteiger partial charge is 0.460 e. The van der Waals surface area contributed by atoms with E-state index in [4.69, 9.17) is 9.47 Å². The van der Waals surface area contributed by atoms with Gasteiger partial charge in [-0.3, -0.25) is 14.5 Å². The molecule has 2 amide bonds. The summed E-state index contributed by atoms with van der Waals surface area (Å²) >= 11 is 6.57. The minimum atomic E-state index is -0.771. The topological polar surface area (TPSA) is 128 Å². The molecule has 0 radical (unpaired) electrons. The number of esters is 1. The summed E-state index contributed by atoms with van der Waals surface area (Å²) in [4.78, 5) is 42.4. The Morgan fingerprint density at radius 3 is 2.65 bits per heavy atom.